The number of sulfonamides is 1. The summed E-state index contributed by atoms with van der Waals surface area (Å²) in [5, 5.41) is 0. The number of halogens is 1. The smallest absolute Gasteiger partial charge is 0.243 e. The fourth-order valence-corrected chi connectivity index (χ4v) is 5.52. The van der Waals surface area contributed by atoms with E-state index in [1.807, 2.05) is 6.92 Å². The van der Waals surface area contributed by atoms with Crippen LogP contribution in [0.1, 0.15) is 22.6 Å². The first kappa shape index (κ1) is 16.2. The van der Waals surface area contributed by atoms with Crippen molar-refractivity contribution in [1.82, 2.24) is 9.21 Å². The molecule has 0 amide bonds. The Hall–Kier alpha value is -0.140. The third-order valence-electron chi connectivity index (χ3n) is 3.88. The van der Waals surface area contributed by atoms with Gasteiger partial charge in [0.05, 0.1) is 10.8 Å². The van der Waals surface area contributed by atoms with E-state index in [4.69, 9.17) is 11.6 Å². The van der Waals surface area contributed by atoms with Crippen LogP contribution in [-0.2, 0) is 15.9 Å². The summed E-state index contributed by atoms with van der Waals surface area (Å²) in [5.41, 5.74) is 0. The molecule has 1 saturated heterocycles. The molecular weight excluding hydrogens is 316 g/mol. The largest absolute Gasteiger partial charge is 0.302 e. The Morgan fingerprint density at radius 2 is 2.25 bits per heavy atom. The van der Waals surface area contributed by atoms with Gasteiger partial charge in [0.25, 0.3) is 0 Å². The Kier molecular flexibility index (Phi) is 5.13. The monoisotopic (exact) mass is 336 g/mol. The van der Waals surface area contributed by atoms with Gasteiger partial charge in [0.15, 0.2) is 0 Å². The van der Waals surface area contributed by atoms with Crippen LogP contribution in [0.15, 0.2) is 11.0 Å². The lowest BCUT2D eigenvalue weighted by atomic mass is 10.2. The summed E-state index contributed by atoms with van der Waals surface area (Å²) in [6, 6.07) is 2.03. The van der Waals surface area contributed by atoms with Gasteiger partial charge >= 0.3 is 0 Å². The van der Waals surface area contributed by atoms with Gasteiger partial charge in [-0.3, -0.25) is 0 Å². The van der Waals surface area contributed by atoms with Gasteiger partial charge in [0.2, 0.25) is 10.0 Å². The minimum Gasteiger partial charge on any atom is -0.302 e. The Morgan fingerprint density at radius 1 is 1.55 bits per heavy atom. The second-order valence-corrected chi connectivity index (χ2v) is 8.95. The van der Waals surface area contributed by atoms with Crippen LogP contribution in [-0.4, -0.2) is 50.8 Å². The average molecular weight is 337 g/mol. The van der Waals surface area contributed by atoms with E-state index in [2.05, 4.69) is 11.9 Å². The Morgan fingerprint density at radius 3 is 2.75 bits per heavy atom. The molecule has 7 heteroatoms. The van der Waals surface area contributed by atoms with Crippen molar-refractivity contribution in [2.75, 3.05) is 27.2 Å². The van der Waals surface area contributed by atoms with E-state index in [-0.39, 0.29) is 0 Å². The lowest BCUT2D eigenvalue weighted by Crippen LogP contribution is -2.39. The Balaban J connectivity index is 2.18. The molecule has 1 aromatic heterocycles. The number of likely N-dealkylation sites (N-methyl/N-ethyl adjacent to an activating group) is 2. The van der Waals surface area contributed by atoms with Crippen molar-refractivity contribution < 1.29 is 8.42 Å². The number of rotatable bonds is 5. The molecule has 2 heterocycles. The van der Waals surface area contributed by atoms with Crippen LogP contribution in [0.4, 0.5) is 0 Å². The molecule has 0 aromatic carbocycles. The van der Waals surface area contributed by atoms with Crippen LogP contribution in [0.5, 0.6) is 0 Å². The second-order valence-electron chi connectivity index (χ2n) is 5.33. The zero-order chi connectivity index (χ0) is 14.9. The zero-order valence-electron chi connectivity index (χ0n) is 12.1. The summed E-state index contributed by atoms with van der Waals surface area (Å²) in [5.74, 6) is 0.357. The molecule has 0 aliphatic carbocycles. The fraction of sp³-hybridized carbons (Fsp3) is 0.692. The van der Waals surface area contributed by atoms with Gasteiger partial charge in [-0.25, -0.2) is 8.42 Å². The first-order valence-corrected chi connectivity index (χ1v) is 9.47. The van der Waals surface area contributed by atoms with Crippen LogP contribution >= 0.6 is 22.9 Å². The average Bonchev–Trinajstić information content (AvgIpc) is 2.96. The first-order chi connectivity index (χ1) is 9.36. The highest BCUT2D eigenvalue weighted by Crippen LogP contribution is 2.29. The van der Waals surface area contributed by atoms with Crippen molar-refractivity contribution >= 4 is 33.0 Å². The topological polar surface area (TPSA) is 40.6 Å². The maximum Gasteiger partial charge on any atom is 0.243 e. The van der Waals surface area contributed by atoms with Crippen LogP contribution in [0.25, 0.3) is 0 Å². The highest BCUT2D eigenvalue weighted by Gasteiger charge is 2.29. The molecule has 2 rings (SSSR count). The molecule has 0 radical (unpaired) electrons. The number of nitrogens with zero attached hydrogens (tertiary/aromatic N) is 2. The lowest BCUT2D eigenvalue weighted by Gasteiger charge is -2.25. The van der Waals surface area contributed by atoms with Crippen molar-refractivity contribution in [3.8, 4) is 0 Å². The zero-order valence-corrected chi connectivity index (χ0v) is 14.5. The number of alkyl halides is 1. The van der Waals surface area contributed by atoms with Crippen LogP contribution in [0, 0.1) is 6.92 Å². The molecule has 1 unspecified atom stereocenters. The number of hydrogen-bond donors (Lipinski definition) is 0. The molecule has 20 heavy (non-hydrogen) atoms. The first-order valence-electron chi connectivity index (χ1n) is 6.68. The number of aryl methyl sites for hydroxylation is 1. The fourth-order valence-electron chi connectivity index (χ4n) is 2.62. The molecular formula is C13H21ClN2O2S2. The maximum atomic E-state index is 12.6. The van der Waals surface area contributed by atoms with Gasteiger partial charge in [-0.1, -0.05) is 0 Å². The normalized spacial score (nSPS) is 20.9. The lowest BCUT2D eigenvalue weighted by molar-refractivity contribution is 0.271. The van der Waals surface area contributed by atoms with Crippen LogP contribution in [0.2, 0.25) is 0 Å². The third kappa shape index (κ3) is 3.20. The van der Waals surface area contributed by atoms with Gasteiger partial charge in [0.1, 0.15) is 0 Å². The molecule has 1 fully saturated rings. The summed E-state index contributed by atoms with van der Waals surface area (Å²) in [6.07, 6.45) is 2.20. The number of likely N-dealkylation sites (tertiary alicyclic amines) is 1. The predicted octanol–water partition coefficient (Wildman–Crippen LogP) is 2.51. The van der Waals surface area contributed by atoms with Crippen molar-refractivity contribution in [3.05, 3.63) is 15.8 Å². The molecule has 0 saturated carbocycles. The number of thiophene rings is 1. The predicted molar refractivity (Wildman–Crippen MR) is 84.1 cm³/mol. The van der Waals surface area contributed by atoms with E-state index in [0.717, 1.165) is 29.1 Å². The van der Waals surface area contributed by atoms with Gasteiger partial charge in [-0.05, 0) is 39.4 Å². The van der Waals surface area contributed by atoms with Crippen molar-refractivity contribution in [1.29, 1.82) is 0 Å². The summed E-state index contributed by atoms with van der Waals surface area (Å²) < 4.78 is 26.8. The van der Waals surface area contributed by atoms with E-state index in [9.17, 15) is 8.42 Å². The van der Waals surface area contributed by atoms with Crippen molar-refractivity contribution in [3.63, 3.8) is 0 Å². The molecule has 1 atom stereocenters. The van der Waals surface area contributed by atoms with E-state index in [1.165, 1.54) is 15.6 Å². The Labute approximate surface area is 130 Å². The van der Waals surface area contributed by atoms with Gasteiger partial charge in [-0.15, -0.1) is 22.9 Å². The molecule has 0 bridgehead atoms. The third-order valence-corrected chi connectivity index (χ3v) is 7.46. The maximum absolute atomic E-state index is 12.6. The summed E-state index contributed by atoms with van der Waals surface area (Å²) >= 11 is 7.25. The van der Waals surface area contributed by atoms with Gasteiger partial charge < -0.3 is 4.90 Å². The van der Waals surface area contributed by atoms with E-state index >= 15 is 0 Å². The highest BCUT2D eigenvalue weighted by atomic mass is 35.5. The Bertz CT molecular complexity index is 571. The standard InChI is InChI=1S/C13H21ClN2O2S2/c1-10-13(7-12(8-14)19-10)20(17,18)16(3)9-11-5-4-6-15(11)2/h7,11H,4-6,8-9H2,1-3H3. The van der Waals surface area contributed by atoms with Gasteiger partial charge in [0, 0.05) is 29.4 Å². The van der Waals surface area contributed by atoms with Crippen LogP contribution in [0.3, 0.4) is 0 Å². The molecule has 1 aliphatic heterocycles. The molecule has 0 N–H and O–H groups in total. The SMILES string of the molecule is Cc1sc(CCl)cc1S(=O)(=O)N(C)CC1CCCN1C. The summed E-state index contributed by atoms with van der Waals surface area (Å²) in [7, 11) is 0.309. The van der Waals surface area contributed by atoms with E-state index in [1.54, 1.807) is 13.1 Å². The van der Waals surface area contributed by atoms with Crippen LogP contribution < -0.4 is 0 Å². The summed E-state index contributed by atoms with van der Waals surface area (Å²) in [4.78, 5) is 4.35. The van der Waals surface area contributed by atoms with Gasteiger partial charge in [-0.2, -0.15) is 4.31 Å². The summed E-state index contributed by atoms with van der Waals surface area (Å²) in [6.45, 7) is 3.43. The minimum atomic E-state index is -3.41. The molecule has 1 aliphatic rings. The van der Waals surface area contributed by atoms with E-state index < -0.39 is 10.0 Å². The minimum absolute atomic E-state index is 0.321. The van der Waals surface area contributed by atoms with Crippen molar-refractivity contribution in [2.24, 2.45) is 0 Å². The quantitative estimate of drug-likeness (QED) is 0.776. The molecule has 1 aromatic rings. The molecule has 4 nitrogen and oxygen atoms in total. The molecule has 114 valence electrons. The number of hydrogen-bond acceptors (Lipinski definition) is 4. The highest BCUT2D eigenvalue weighted by molar-refractivity contribution is 7.89. The second kappa shape index (κ2) is 6.32. The van der Waals surface area contributed by atoms with Crippen molar-refractivity contribution in [2.45, 2.75) is 36.6 Å². The molecule has 0 spiro atoms. The van der Waals surface area contributed by atoms with E-state index in [0.29, 0.717) is 23.4 Å².